The monoisotopic (exact) mass is 195 g/mol. The van der Waals surface area contributed by atoms with Crippen LogP contribution in [0.3, 0.4) is 0 Å². The molecule has 0 radical (unpaired) electrons. The van der Waals surface area contributed by atoms with E-state index >= 15 is 0 Å². The highest BCUT2D eigenvalue weighted by atomic mass is 32.2. The highest BCUT2D eigenvalue weighted by Crippen LogP contribution is 2.14. The Hall–Kier alpha value is -0.620. The summed E-state index contributed by atoms with van der Waals surface area (Å²) in [5.74, 6) is -0.826. The molecule has 0 aromatic carbocycles. The Morgan fingerprint density at radius 3 is 2.17 bits per heavy atom. The Bertz CT molecular complexity index is 267. The predicted octanol–water partition coefficient (Wildman–Crippen LogP) is -0.383. The molecule has 0 saturated heterocycles. The highest BCUT2D eigenvalue weighted by molar-refractivity contribution is 7.91. The summed E-state index contributed by atoms with van der Waals surface area (Å²) in [6, 6.07) is 0. The first-order valence-electron chi connectivity index (χ1n) is 3.43. The van der Waals surface area contributed by atoms with Crippen LogP contribution in [0.1, 0.15) is 20.8 Å². The molecule has 0 heterocycles. The van der Waals surface area contributed by atoms with E-state index < -0.39 is 20.7 Å². The smallest absolute Gasteiger partial charge is 0.328 e. The number of nitrogens with two attached hydrogens (primary N) is 1. The minimum absolute atomic E-state index is 0.137. The second-order valence-corrected chi connectivity index (χ2v) is 4.89. The van der Waals surface area contributed by atoms with Gasteiger partial charge in [0.2, 0.25) is 10.0 Å². The first-order chi connectivity index (χ1) is 5.23. The molecular formula is C6H13NO4S. The summed E-state index contributed by atoms with van der Waals surface area (Å²) in [6.07, 6.45) is 0. The van der Waals surface area contributed by atoms with Crippen LogP contribution >= 0.6 is 0 Å². The van der Waals surface area contributed by atoms with Crippen molar-refractivity contribution in [2.75, 3.05) is 6.61 Å². The standard InChI is InChI=1S/C6H13NO4S/c1-4-11-5(8)6(2,3)12(7,9)10/h4H2,1-3H3,(H2,7,9,10). The molecule has 0 atom stereocenters. The molecule has 0 aromatic rings. The molecule has 0 unspecified atom stereocenters. The maximum Gasteiger partial charge on any atom is 0.328 e. The zero-order valence-electron chi connectivity index (χ0n) is 7.33. The largest absolute Gasteiger partial charge is 0.465 e. The molecule has 0 amide bonds. The average molecular weight is 195 g/mol. The Morgan fingerprint density at radius 2 is 1.92 bits per heavy atom. The molecule has 0 aromatic heterocycles. The maximum absolute atomic E-state index is 11.0. The van der Waals surface area contributed by atoms with Crippen molar-refractivity contribution in [3.8, 4) is 0 Å². The number of rotatable bonds is 3. The summed E-state index contributed by atoms with van der Waals surface area (Å²) in [4.78, 5) is 11.0. The van der Waals surface area contributed by atoms with Gasteiger partial charge in [-0.3, -0.25) is 4.79 Å². The first-order valence-corrected chi connectivity index (χ1v) is 4.97. The number of esters is 1. The summed E-state index contributed by atoms with van der Waals surface area (Å²) in [7, 11) is -3.90. The molecule has 5 nitrogen and oxygen atoms in total. The van der Waals surface area contributed by atoms with Crippen LogP contribution in [-0.4, -0.2) is 25.7 Å². The van der Waals surface area contributed by atoms with E-state index in [-0.39, 0.29) is 6.61 Å². The fourth-order valence-electron chi connectivity index (χ4n) is 0.421. The Morgan fingerprint density at radius 1 is 1.50 bits per heavy atom. The van der Waals surface area contributed by atoms with Crippen LogP contribution in [0.15, 0.2) is 0 Å². The Labute approximate surface area is 71.9 Å². The molecule has 0 aliphatic heterocycles. The van der Waals surface area contributed by atoms with Crippen molar-refractivity contribution in [2.45, 2.75) is 25.5 Å². The van der Waals surface area contributed by atoms with Crippen molar-refractivity contribution in [2.24, 2.45) is 5.14 Å². The van der Waals surface area contributed by atoms with Crippen LogP contribution in [0.4, 0.5) is 0 Å². The van der Waals surface area contributed by atoms with Gasteiger partial charge in [0.1, 0.15) is 0 Å². The molecule has 2 N–H and O–H groups in total. The van der Waals surface area contributed by atoms with Gasteiger partial charge in [-0.25, -0.2) is 13.6 Å². The van der Waals surface area contributed by atoms with E-state index in [1.807, 2.05) is 0 Å². The lowest BCUT2D eigenvalue weighted by molar-refractivity contribution is -0.145. The summed E-state index contributed by atoms with van der Waals surface area (Å²) < 4.78 is 24.6. The van der Waals surface area contributed by atoms with Gasteiger partial charge >= 0.3 is 5.97 Å². The second-order valence-electron chi connectivity index (χ2n) is 2.78. The molecule has 0 bridgehead atoms. The van der Waals surface area contributed by atoms with Crippen molar-refractivity contribution in [3.05, 3.63) is 0 Å². The van der Waals surface area contributed by atoms with E-state index in [0.29, 0.717) is 0 Å². The number of hydrogen-bond donors (Lipinski definition) is 1. The molecule has 12 heavy (non-hydrogen) atoms. The normalized spacial score (nSPS) is 12.7. The topological polar surface area (TPSA) is 86.5 Å². The van der Waals surface area contributed by atoms with E-state index in [9.17, 15) is 13.2 Å². The van der Waals surface area contributed by atoms with Crippen LogP contribution in [-0.2, 0) is 19.6 Å². The second kappa shape index (κ2) is 3.40. The highest BCUT2D eigenvalue weighted by Gasteiger charge is 2.40. The average Bonchev–Trinajstić information content (AvgIpc) is 1.85. The number of hydrogen-bond acceptors (Lipinski definition) is 4. The molecule has 0 saturated carbocycles. The third-order valence-corrected chi connectivity index (χ3v) is 3.07. The summed E-state index contributed by atoms with van der Waals surface area (Å²) in [6.45, 7) is 4.15. The van der Waals surface area contributed by atoms with Crippen molar-refractivity contribution in [1.82, 2.24) is 0 Å². The number of carbonyl (C=O) groups excluding carboxylic acids is 1. The van der Waals surface area contributed by atoms with Crippen LogP contribution < -0.4 is 5.14 Å². The molecule has 6 heteroatoms. The van der Waals surface area contributed by atoms with Crippen LogP contribution in [0.2, 0.25) is 0 Å². The Balaban J connectivity index is 4.75. The Kier molecular flexibility index (Phi) is 3.23. The number of sulfonamides is 1. The SMILES string of the molecule is CCOC(=O)C(C)(C)S(N)(=O)=O. The van der Waals surface area contributed by atoms with E-state index in [1.165, 1.54) is 13.8 Å². The minimum atomic E-state index is -3.90. The van der Waals surface area contributed by atoms with Gasteiger partial charge in [-0.05, 0) is 20.8 Å². The van der Waals surface area contributed by atoms with Crippen LogP contribution in [0.25, 0.3) is 0 Å². The lowest BCUT2D eigenvalue weighted by Crippen LogP contribution is -2.45. The summed E-state index contributed by atoms with van der Waals surface area (Å²) >= 11 is 0. The third-order valence-electron chi connectivity index (χ3n) is 1.48. The van der Waals surface area contributed by atoms with Crippen molar-refractivity contribution in [3.63, 3.8) is 0 Å². The number of carbonyl (C=O) groups is 1. The van der Waals surface area contributed by atoms with Gasteiger partial charge in [-0.2, -0.15) is 0 Å². The zero-order chi connectivity index (χ0) is 9.99. The van der Waals surface area contributed by atoms with Crippen LogP contribution in [0, 0.1) is 0 Å². The molecule has 0 aliphatic rings. The van der Waals surface area contributed by atoms with Crippen molar-refractivity contribution in [1.29, 1.82) is 0 Å². The molecule has 72 valence electrons. The van der Waals surface area contributed by atoms with E-state index in [1.54, 1.807) is 6.92 Å². The lowest BCUT2D eigenvalue weighted by atomic mass is 10.2. The van der Waals surface area contributed by atoms with Gasteiger partial charge in [-0.1, -0.05) is 0 Å². The maximum atomic E-state index is 11.0. The van der Waals surface area contributed by atoms with Gasteiger partial charge in [0.15, 0.2) is 4.75 Å². The van der Waals surface area contributed by atoms with E-state index in [2.05, 4.69) is 4.74 Å². The van der Waals surface area contributed by atoms with Gasteiger partial charge in [0, 0.05) is 0 Å². The van der Waals surface area contributed by atoms with Gasteiger partial charge in [-0.15, -0.1) is 0 Å². The molecule has 0 spiro atoms. The third kappa shape index (κ3) is 2.18. The quantitative estimate of drug-likeness (QED) is 0.622. The summed E-state index contributed by atoms with van der Waals surface area (Å²) in [5.41, 5.74) is 0. The predicted molar refractivity (Wildman–Crippen MR) is 43.8 cm³/mol. The van der Waals surface area contributed by atoms with Crippen LogP contribution in [0.5, 0.6) is 0 Å². The molecule has 0 aliphatic carbocycles. The molecule has 0 fully saturated rings. The molecule has 0 rings (SSSR count). The van der Waals surface area contributed by atoms with Crippen molar-refractivity contribution >= 4 is 16.0 Å². The van der Waals surface area contributed by atoms with E-state index in [4.69, 9.17) is 5.14 Å². The first kappa shape index (κ1) is 11.4. The number of ether oxygens (including phenoxy) is 1. The van der Waals surface area contributed by atoms with Gasteiger partial charge in [0.05, 0.1) is 6.61 Å². The molecular weight excluding hydrogens is 182 g/mol. The minimum Gasteiger partial charge on any atom is -0.465 e. The lowest BCUT2D eigenvalue weighted by Gasteiger charge is -2.18. The van der Waals surface area contributed by atoms with Gasteiger partial charge < -0.3 is 4.74 Å². The fourth-order valence-corrected chi connectivity index (χ4v) is 0.712. The van der Waals surface area contributed by atoms with E-state index in [0.717, 1.165) is 0 Å². The van der Waals surface area contributed by atoms with Gasteiger partial charge in [0.25, 0.3) is 0 Å². The number of primary sulfonamides is 1. The fraction of sp³-hybridized carbons (Fsp3) is 0.833. The zero-order valence-corrected chi connectivity index (χ0v) is 8.14. The summed E-state index contributed by atoms with van der Waals surface area (Å²) in [5, 5.41) is 4.82. The van der Waals surface area contributed by atoms with Crippen molar-refractivity contribution < 1.29 is 17.9 Å².